The fourth-order valence-electron chi connectivity index (χ4n) is 4.57. The number of para-hydroxylation sites is 1. The average molecular weight is 412 g/mol. The predicted molar refractivity (Wildman–Crippen MR) is 112 cm³/mol. The zero-order chi connectivity index (χ0) is 22.4. The summed E-state index contributed by atoms with van der Waals surface area (Å²) in [6.07, 6.45) is 0.604. The maximum Gasteiger partial charge on any atom is 0.421 e. The first kappa shape index (κ1) is 21.7. The number of likely N-dealkylation sites (tertiary alicyclic amines) is 1. The fraction of sp³-hybridized carbons (Fsp3) is 0.478. The molecular formula is C23H28N2O5. The molecule has 0 radical (unpaired) electrons. The Morgan fingerprint density at radius 1 is 1.27 bits per heavy atom. The predicted octanol–water partition coefficient (Wildman–Crippen LogP) is 3.42. The van der Waals surface area contributed by atoms with Crippen LogP contribution in [0.25, 0.3) is 0 Å². The summed E-state index contributed by atoms with van der Waals surface area (Å²) in [4.78, 5) is 54.8. The molecule has 0 bridgehead atoms. The molecule has 0 saturated carbocycles. The van der Waals surface area contributed by atoms with Crippen LogP contribution in [0.15, 0.2) is 36.9 Å². The number of fused-ring (bicyclic) bond motifs is 1. The molecule has 2 aliphatic rings. The summed E-state index contributed by atoms with van der Waals surface area (Å²) < 4.78 is 5.48. The van der Waals surface area contributed by atoms with Crippen LogP contribution in [0.1, 0.15) is 46.6 Å². The van der Waals surface area contributed by atoms with Crippen molar-refractivity contribution in [3.63, 3.8) is 0 Å². The first-order valence-electron chi connectivity index (χ1n) is 10.1. The van der Waals surface area contributed by atoms with Gasteiger partial charge in [0.1, 0.15) is 5.60 Å². The van der Waals surface area contributed by atoms with Crippen LogP contribution in [0.5, 0.6) is 0 Å². The molecule has 30 heavy (non-hydrogen) atoms. The van der Waals surface area contributed by atoms with Crippen molar-refractivity contribution in [1.82, 2.24) is 4.90 Å². The topological polar surface area (TPSA) is 84.0 Å². The Labute approximate surface area is 176 Å². The maximum atomic E-state index is 13.9. The Hall–Kier alpha value is -2.96. The third-order valence-corrected chi connectivity index (χ3v) is 5.74. The van der Waals surface area contributed by atoms with E-state index in [0.29, 0.717) is 11.3 Å². The van der Waals surface area contributed by atoms with Crippen LogP contribution < -0.4 is 4.90 Å². The minimum absolute atomic E-state index is 0.0902. The summed E-state index contributed by atoms with van der Waals surface area (Å²) in [5, 5.41) is 0. The highest BCUT2D eigenvalue weighted by molar-refractivity contribution is 6.23. The average Bonchev–Trinajstić information content (AvgIpc) is 3.06. The number of carbonyl (C=O) groups is 4. The Kier molecular flexibility index (Phi) is 5.35. The minimum Gasteiger partial charge on any atom is -0.443 e. The summed E-state index contributed by atoms with van der Waals surface area (Å²) in [6, 6.07) is 6.92. The Balaban J connectivity index is 2.17. The van der Waals surface area contributed by atoms with Crippen molar-refractivity contribution in [2.45, 2.75) is 52.1 Å². The van der Waals surface area contributed by atoms with Crippen molar-refractivity contribution in [3.05, 3.63) is 42.5 Å². The number of hydrogen-bond donors (Lipinski definition) is 0. The normalized spacial score (nSPS) is 23.9. The maximum absolute atomic E-state index is 13.9. The lowest BCUT2D eigenvalue weighted by molar-refractivity contribution is -0.142. The number of imide groups is 2. The number of rotatable bonds is 4. The monoisotopic (exact) mass is 412 g/mol. The van der Waals surface area contributed by atoms with Gasteiger partial charge in [-0.1, -0.05) is 38.1 Å². The number of amides is 4. The van der Waals surface area contributed by atoms with E-state index >= 15 is 0 Å². The van der Waals surface area contributed by atoms with Crippen molar-refractivity contribution in [2.75, 3.05) is 11.4 Å². The highest BCUT2D eigenvalue weighted by Crippen LogP contribution is 2.53. The number of ether oxygens (including phenoxy) is 1. The van der Waals surface area contributed by atoms with Gasteiger partial charge in [0, 0.05) is 13.0 Å². The van der Waals surface area contributed by atoms with Gasteiger partial charge in [-0.2, -0.15) is 0 Å². The molecule has 2 heterocycles. The van der Waals surface area contributed by atoms with Gasteiger partial charge in [0.2, 0.25) is 17.7 Å². The summed E-state index contributed by atoms with van der Waals surface area (Å²) in [6.45, 7) is 12.5. The van der Waals surface area contributed by atoms with Crippen molar-refractivity contribution < 1.29 is 23.9 Å². The van der Waals surface area contributed by atoms with E-state index in [4.69, 9.17) is 4.74 Å². The molecule has 0 spiro atoms. The first-order valence-corrected chi connectivity index (χ1v) is 10.1. The molecule has 1 saturated heterocycles. The molecule has 7 heteroatoms. The molecular weight excluding hydrogens is 384 g/mol. The second-order valence-corrected chi connectivity index (χ2v) is 9.05. The molecule has 1 aromatic carbocycles. The van der Waals surface area contributed by atoms with Gasteiger partial charge in [-0.05, 0) is 38.3 Å². The molecule has 1 aromatic rings. The van der Waals surface area contributed by atoms with Gasteiger partial charge in [-0.25, -0.2) is 9.69 Å². The summed E-state index contributed by atoms with van der Waals surface area (Å²) in [5.74, 6) is -2.52. The number of benzene rings is 1. The van der Waals surface area contributed by atoms with Crippen LogP contribution in [-0.4, -0.2) is 40.9 Å². The van der Waals surface area contributed by atoms with E-state index < -0.39 is 34.8 Å². The second kappa shape index (κ2) is 7.38. The van der Waals surface area contributed by atoms with E-state index in [1.807, 2.05) is 13.8 Å². The van der Waals surface area contributed by atoms with E-state index in [1.54, 1.807) is 45.0 Å². The van der Waals surface area contributed by atoms with Gasteiger partial charge in [0.05, 0.1) is 17.0 Å². The van der Waals surface area contributed by atoms with E-state index in [-0.39, 0.29) is 24.8 Å². The molecule has 2 atom stereocenters. The third-order valence-electron chi connectivity index (χ3n) is 5.74. The summed E-state index contributed by atoms with van der Waals surface area (Å²) in [7, 11) is 0. The summed E-state index contributed by atoms with van der Waals surface area (Å²) in [5.41, 5.74) is -1.17. The van der Waals surface area contributed by atoms with Crippen molar-refractivity contribution in [1.29, 1.82) is 0 Å². The van der Waals surface area contributed by atoms with Crippen LogP contribution in [0.2, 0.25) is 0 Å². The Bertz CT molecular complexity index is 930. The standard InChI is InChI=1S/C23H28N2O5/c1-7-12-24-18(26)13-16(19(24)27)23(14(2)3)15-10-8-9-11-17(15)25(20(23)28)21(29)30-22(4,5)6/h7-11,14,16H,1,12-13H2,2-6H3/t16-,23?/m1/s1. The zero-order valence-electron chi connectivity index (χ0n) is 18.1. The Morgan fingerprint density at radius 2 is 1.90 bits per heavy atom. The quantitative estimate of drug-likeness (QED) is 0.559. The molecule has 1 unspecified atom stereocenters. The molecule has 160 valence electrons. The second-order valence-electron chi connectivity index (χ2n) is 9.05. The van der Waals surface area contributed by atoms with Gasteiger partial charge >= 0.3 is 6.09 Å². The van der Waals surface area contributed by atoms with Crippen LogP contribution in [0.3, 0.4) is 0 Å². The molecule has 0 aromatic heterocycles. The largest absolute Gasteiger partial charge is 0.443 e. The van der Waals surface area contributed by atoms with E-state index in [2.05, 4.69) is 6.58 Å². The van der Waals surface area contributed by atoms with Crippen molar-refractivity contribution in [3.8, 4) is 0 Å². The smallest absolute Gasteiger partial charge is 0.421 e. The van der Waals surface area contributed by atoms with Crippen LogP contribution >= 0.6 is 0 Å². The number of hydrogen-bond acceptors (Lipinski definition) is 5. The SMILES string of the molecule is C=CCN1C(=O)C[C@@H](C2(C(C)C)C(=O)N(C(=O)OC(C)(C)C)c3ccccc32)C1=O. The van der Waals surface area contributed by atoms with Crippen LogP contribution in [0.4, 0.5) is 10.5 Å². The lowest BCUT2D eigenvalue weighted by atomic mass is 9.63. The lowest BCUT2D eigenvalue weighted by Gasteiger charge is -2.36. The highest BCUT2D eigenvalue weighted by atomic mass is 16.6. The minimum atomic E-state index is -1.34. The zero-order valence-corrected chi connectivity index (χ0v) is 18.1. The van der Waals surface area contributed by atoms with Gasteiger partial charge in [0.15, 0.2) is 0 Å². The first-order chi connectivity index (χ1) is 14.0. The van der Waals surface area contributed by atoms with E-state index in [1.165, 1.54) is 6.08 Å². The molecule has 0 N–H and O–H groups in total. The van der Waals surface area contributed by atoms with Crippen LogP contribution in [0, 0.1) is 11.8 Å². The fourth-order valence-corrected chi connectivity index (χ4v) is 4.57. The lowest BCUT2D eigenvalue weighted by Crippen LogP contribution is -2.53. The summed E-state index contributed by atoms with van der Waals surface area (Å²) >= 11 is 0. The Morgan fingerprint density at radius 3 is 2.47 bits per heavy atom. The number of anilines is 1. The third kappa shape index (κ3) is 3.13. The molecule has 0 aliphatic carbocycles. The van der Waals surface area contributed by atoms with Crippen molar-refractivity contribution in [2.24, 2.45) is 11.8 Å². The van der Waals surface area contributed by atoms with Gasteiger partial charge < -0.3 is 4.74 Å². The van der Waals surface area contributed by atoms with Gasteiger partial charge in [-0.15, -0.1) is 6.58 Å². The van der Waals surface area contributed by atoms with E-state index in [0.717, 1.165) is 9.80 Å². The molecule has 7 nitrogen and oxygen atoms in total. The van der Waals surface area contributed by atoms with Crippen molar-refractivity contribution >= 4 is 29.5 Å². The van der Waals surface area contributed by atoms with Crippen LogP contribution in [-0.2, 0) is 24.5 Å². The molecule has 4 amide bonds. The molecule has 2 aliphatic heterocycles. The highest BCUT2D eigenvalue weighted by Gasteiger charge is 2.64. The van der Waals surface area contributed by atoms with Gasteiger partial charge in [-0.3, -0.25) is 19.3 Å². The number of carbonyl (C=O) groups excluding carboxylic acids is 4. The molecule has 3 rings (SSSR count). The van der Waals surface area contributed by atoms with E-state index in [9.17, 15) is 19.2 Å². The number of nitrogens with zero attached hydrogens (tertiary/aromatic N) is 2. The molecule has 1 fully saturated rings. The van der Waals surface area contributed by atoms with Gasteiger partial charge in [0.25, 0.3) is 0 Å².